The fourth-order valence-electron chi connectivity index (χ4n) is 3.30. The molecule has 0 aliphatic carbocycles. The van der Waals surface area contributed by atoms with Crippen molar-refractivity contribution in [3.63, 3.8) is 0 Å². The van der Waals surface area contributed by atoms with Gasteiger partial charge in [-0.25, -0.2) is 22.2 Å². The van der Waals surface area contributed by atoms with Gasteiger partial charge in [0.15, 0.2) is 16.3 Å². The summed E-state index contributed by atoms with van der Waals surface area (Å²) in [4.78, 5) is 2.47. The molecule has 14 heteroatoms. The van der Waals surface area contributed by atoms with E-state index in [2.05, 4.69) is 14.5 Å². The summed E-state index contributed by atoms with van der Waals surface area (Å²) in [6.45, 7) is 0. The molecule has 0 saturated carbocycles. The van der Waals surface area contributed by atoms with E-state index in [1.807, 2.05) is 4.72 Å². The Morgan fingerprint density at radius 1 is 1.09 bits per heavy atom. The summed E-state index contributed by atoms with van der Waals surface area (Å²) in [5.41, 5.74) is 7.40. The van der Waals surface area contributed by atoms with Gasteiger partial charge in [-0.05, 0) is 35.9 Å². The van der Waals surface area contributed by atoms with Gasteiger partial charge in [-0.15, -0.1) is 0 Å². The zero-order chi connectivity index (χ0) is 24.7. The largest absolute Gasteiger partial charge is 0.457 e. The van der Waals surface area contributed by atoms with Crippen LogP contribution in [0.15, 0.2) is 64.3 Å². The maximum absolute atomic E-state index is 14.8. The molecule has 0 radical (unpaired) electrons. The lowest BCUT2D eigenvalue weighted by Crippen LogP contribution is -2.16. The SMILES string of the molecule is Nc1noc2ccc(-c3cc(Cl)ccc3Oc3cc(F)c(S(=O)(=O)Nc4ncns4)c(F)c3)cc12. The fourth-order valence-corrected chi connectivity index (χ4v) is 5.26. The molecule has 0 saturated heterocycles. The van der Waals surface area contributed by atoms with Crippen LogP contribution in [0.25, 0.3) is 22.1 Å². The molecule has 0 amide bonds. The summed E-state index contributed by atoms with van der Waals surface area (Å²) in [7, 11) is -4.60. The van der Waals surface area contributed by atoms with Gasteiger partial charge in [-0.1, -0.05) is 22.8 Å². The molecule has 0 bridgehead atoms. The van der Waals surface area contributed by atoms with Gasteiger partial charge in [0.05, 0.1) is 5.39 Å². The first-order valence-corrected chi connectivity index (χ1v) is 12.3. The number of nitrogens with zero attached hydrogens (tertiary/aromatic N) is 3. The van der Waals surface area contributed by atoms with Gasteiger partial charge in [-0.2, -0.15) is 4.37 Å². The Labute approximate surface area is 205 Å². The first-order chi connectivity index (χ1) is 16.7. The van der Waals surface area contributed by atoms with E-state index in [1.54, 1.807) is 24.3 Å². The van der Waals surface area contributed by atoms with E-state index in [4.69, 9.17) is 26.6 Å². The average Bonchev–Trinajstić information content (AvgIpc) is 3.43. The monoisotopic (exact) mass is 535 g/mol. The third-order valence-corrected chi connectivity index (χ3v) is 7.14. The normalized spacial score (nSPS) is 11.6. The Balaban J connectivity index is 1.51. The van der Waals surface area contributed by atoms with Crippen molar-refractivity contribution in [1.82, 2.24) is 14.5 Å². The minimum Gasteiger partial charge on any atom is -0.457 e. The number of aromatic nitrogens is 3. The first kappa shape index (κ1) is 23.0. The van der Waals surface area contributed by atoms with Crippen molar-refractivity contribution in [2.45, 2.75) is 4.90 Å². The highest BCUT2D eigenvalue weighted by Crippen LogP contribution is 2.38. The number of fused-ring (bicyclic) bond motifs is 1. The van der Waals surface area contributed by atoms with Gasteiger partial charge < -0.3 is 15.0 Å². The number of benzene rings is 3. The van der Waals surface area contributed by atoms with Crippen LogP contribution in [0.1, 0.15) is 0 Å². The van der Waals surface area contributed by atoms with Gasteiger partial charge >= 0.3 is 0 Å². The molecule has 9 nitrogen and oxygen atoms in total. The number of halogens is 3. The third-order valence-electron chi connectivity index (χ3n) is 4.80. The predicted molar refractivity (Wildman–Crippen MR) is 126 cm³/mol. The van der Waals surface area contributed by atoms with E-state index >= 15 is 0 Å². The summed E-state index contributed by atoms with van der Waals surface area (Å²) in [6, 6.07) is 11.2. The number of nitrogens with two attached hydrogens (primary N) is 1. The van der Waals surface area contributed by atoms with E-state index in [1.165, 1.54) is 12.1 Å². The summed E-state index contributed by atoms with van der Waals surface area (Å²) in [5.74, 6) is -2.60. The van der Waals surface area contributed by atoms with Crippen molar-refractivity contribution in [3.8, 4) is 22.6 Å². The van der Waals surface area contributed by atoms with Crippen molar-refractivity contribution in [3.05, 3.63) is 71.5 Å². The molecule has 3 N–H and O–H groups in total. The van der Waals surface area contributed by atoms with E-state index in [-0.39, 0.29) is 22.4 Å². The second kappa shape index (κ2) is 8.76. The number of hydrogen-bond acceptors (Lipinski definition) is 9. The topological polar surface area (TPSA) is 133 Å². The zero-order valence-electron chi connectivity index (χ0n) is 17.2. The molecule has 2 heterocycles. The van der Waals surface area contributed by atoms with Crippen LogP contribution in [0.2, 0.25) is 5.02 Å². The highest BCUT2D eigenvalue weighted by atomic mass is 35.5. The van der Waals surface area contributed by atoms with Crippen molar-refractivity contribution >= 4 is 55.1 Å². The Morgan fingerprint density at radius 3 is 2.57 bits per heavy atom. The molecule has 5 rings (SSSR count). The Kier molecular flexibility index (Phi) is 5.75. The highest BCUT2D eigenvalue weighted by molar-refractivity contribution is 7.93. The molecule has 35 heavy (non-hydrogen) atoms. The zero-order valence-corrected chi connectivity index (χ0v) is 19.6. The standard InChI is InChI=1S/C21H12ClF2N5O4S2/c22-11-2-4-17(13(6-11)10-1-3-18-14(5-10)20(25)28-33-18)32-12-7-15(23)19(16(24)8-12)35(30,31)29-21-26-9-27-34-21/h1-9H,(H2,25,28)(H,26,27,29). The lowest BCUT2D eigenvalue weighted by atomic mass is 10.0. The van der Waals surface area contributed by atoms with Crippen LogP contribution < -0.4 is 15.2 Å². The molecule has 0 aliphatic rings. The molecular weight excluding hydrogens is 524 g/mol. The fraction of sp³-hybridized carbons (Fsp3) is 0. The molecule has 5 aromatic rings. The van der Waals surface area contributed by atoms with Gasteiger partial charge in [-0.3, -0.25) is 4.72 Å². The predicted octanol–water partition coefficient (Wildman–Crippen LogP) is 5.45. The number of sulfonamides is 1. The second-order valence-corrected chi connectivity index (χ2v) is 9.93. The van der Waals surface area contributed by atoms with Crippen LogP contribution in [-0.4, -0.2) is 22.9 Å². The van der Waals surface area contributed by atoms with Crippen molar-refractivity contribution < 1.29 is 26.5 Å². The smallest absolute Gasteiger partial charge is 0.269 e. The maximum atomic E-state index is 14.8. The van der Waals surface area contributed by atoms with E-state index in [9.17, 15) is 17.2 Å². The summed E-state index contributed by atoms with van der Waals surface area (Å²) in [6.07, 6.45) is 1.10. The first-order valence-electron chi connectivity index (χ1n) is 9.62. The number of rotatable bonds is 6. The molecule has 0 spiro atoms. The number of hydrogen-bond donors (Lipinski definition) is 2. The minimum absolute atomic E-state index is 0.139. The van der Waals surface area contributed by atoms with Crippen molar-refractivity contribution in [2.24, 2.45) is 0 Å². The van der Waals surface area contributed by atoms with Crippen LogP contribution in [-0.2, 0) is 10.0 Å². The minimum atomic E-state index is -4.60. The molecule has 0 atom stereocenters. The number of nitrogen functional groups attached to an aromatic ring is 1. The van der Waals surface area contributed by atoms with E-state index < -0.39 is 26.6 Å². The number of ether oxygens (including phenoxy) is 1. The Bertz CT molecular complexity index is 1650. The molecule has 178 valence electrons. The van der Waals surface area contributed by atoms with Crippen LogP contribution in [0.4, 0.5) is 19.7 Å². The average molecular weight is 536 g/mol. The quantitative estimate of drug-likeness (QED) is 0.293. The van der Waals surface area contributed by atoms with Crippen LogP contribution in [0.5, 0.6) is 11.5 Å². The molecule has 2 aromatic heterocycles. The van der Waals surface area contributed by atoms with E-state index in [0.29, 0.717) is 38.7 Å². The van der Waals surface area contributed by atoms with Crippen LogP contribution >= 0.6 is 23.1 Å². The maximum Gasteiger partial charge on any atom is 0.269 e. The molecule has 3 aromatic carbocycles. The van der Waals surface area contributed by atoms with Crippen LogP contribution in [0, 0.1) is 11.6 Å². The lowest BCUT2D eigenvalue weighted by Gasteiger charge is -2.14. The van der Waals surface area contributed by atoms with Gasteiger partial charge in [0.25, 0.3) is 10.0 Å². The second-order valence-electron chi connectivity index (χ2n) is 7.09. The van der Waals surface area contributed by atoms with E-state index in [0.717, 1.165) is 18.5 Å². The molecule has 0 aliphatic heterocycles. The van der Waals surface area contributed by atoms with Crippen molar-refractivity contribution in [2.75, 3.05) is 10.5 Å². The number of anilines is 2. The molecule has 0 unspecified atom stereocenters. The Hall–Kier alpha value is -3.81. The summed E-state index contributed by atoms with van der Waals surface area (Å²) >= 11 is 6.88. The highest BCUT2D eigenvalue weighted by Gasteiger charge is 2.27. The molecular formula is C21H12ClF2N5O4S2. The lowest BCUT2D eigenvalue weighted by molar-refractivity contribution is 0.458. The van der Waals surface area contributed by atoms with Gasteiger partial charge in [0.2, 0.25) is 5.13 Å². The van der Waals surface area contributed by atoms with Crippen molar-refractivity contribution in [1.29, 1.82) is 0 Å². The third kappa shape index (κ3) is 4.48. The van der Waals surface area contributed by atoms with Crippen LogP contribution in [0.3, 0.4) is 0 Å². The summed E-state index contributed by atoms with van der Waals surface area (Å²) in [5, 5.41) is 4.51. The Morgan fingerprint density at radius 2 is 1.86 bits per heavy atom. The molecule has 0 fully saturated rings. The summed E-state index contributed by atoms with van der Waals surface area (Å²) < 4.78 is 71.0. The number of nitrogens with one attached hydrogen (secondary N) is 1. The van der Waals surface area contributed by atoms with Gasteiger partial charge in [0, 0.05) is 34.3 Å². The van der Waals surface area contributed by atoms with Gasteiger partial charge in [0.1, 0.15) is 29.5 Å².